The van der Waals surface area contributed by atoms with Gasteiger partial charge in [-0.2, -0.15) is 5.10 Å². The van der Waals surface area contributed by atoms with Crippen molar-refractivity contribution >= 4 is 34.1 Å². The maximum Gasteiger partial charge on any atom is 0.573 e. The topological polar surface area (TPSA) is 83.8 Å². The predicted octanol–water partition coefficient (Wildman–Crippen LogP) is 3.66. The molecule has 0 aliphatic carbocycles. The molecule has 2 amide bonds. The van der Waals surface area contributed by atoms with Crippen molar-refractivity contribution < 1.29 is 27.5 Å². The quantitative estimate of drug-likeness (QED) is 0.373. The second kappa shape index (κ2) is 9.97. The van der Waals surface area contributed by atoms with E-state index in [-0.39, 0.29) is 23.6 Å². The van der Waals surface area contributed by atoms with Crippen LogP contribution in [0.15, 0.2) is 59.6 Å². The first-order valence-electron chi connectivity index (χ1n) is 12.3. The van der Waals surface area contributed by atoms with E-state index in [1.807, 2.05) is 4.90 Å². The number of thiazole rings is 1. The van der Waals surface area contributed by atoms with Gasteiger partial charge in [-0.15, -0.1) is 24.5 Å². The number of piperazine rings is 1. The normalized spacial score (nSPS) is 16.9. The number of likely N-dealkylation sites (tertiary alicyclic amines) is 1. The minimum Gasteiger partial charge on any atom is -0.406 e. The number of carbonyl (C=O) groups excluding carboxylic acids is 2. The maximum atomic E-state index is 13.1. The third-order valence-electron chi connectivity index (χ3n) is 6.99. The van der Waals surface area contributed by atoms with Gasteiger partial charge < -0.3 is 14.5 Å². The first kappa shape index (κ1) is 25.3. The Morgan fingerprint density at radius 1 is 0.974 bits per heavy atom. The van der Waals surface area contributed by atoms with Gasteiger partial charge in [-0.1, -0.05) is 6.07 Å². The molecular formula is C26H23F3N6O3S. The number of carbonyl (C=O) groups is 2. The molecule has 2 aliphatic rings. The Bertz CT molecular complexity index is 1510. The van der Waals surface area contributed by atoms with Crippen molar-refractivity contribution in [3.63, 3.8) is 0 Å². The van der Waals surface area contributed by atoms with E-state index in [4.69, 9.17) is 0 Å². The molecule has 4 aromatic rings. The van der Waals surface area contributed by atoms with Crippen LogP contribution in [0.5, 0.6) is 5.75 Å². The molecule has 202 valence electrons. The van der Waals surface area contributed by atoms with E-state index in [0.717, 1.165) is 13.1 Å². The lowest BCUT2D eigenvalue weighted by molar-refractivity contribution is -0.274. The summed E-state index contributed by atoms with van der Waals surface area (Å²) in [6.45, 7) is 4.00. The fraction of sp³-hybridized carbons (Fsp3) is 0.308. The third kappa shape index (κ3) is 5.32. The Morgan fingerprint density at radius 3 is 2.49 bits per heavy atom. The Kier molecular flexibility index (Phi) is 6.47. The maximum absolute atomic E-state index is 13.1. The highest BCUT2D eigenvalue weighted by atomic mass is 32.1. The van der Waals surface area contributed by atoms with Gasteiger partial charge in [-0.3, -0.25) is 14.5 Å². The third-order valence-corrected chi connectivity index (χ3v) is 7.57. The summed E-state index contributed by atoms with van der Waals surface area (Å²) < 4.78 is 43.2. The van der Waals surface area contributed by atoms with Crippen LogP contribution in [0.4, 0.5) is 13.2 Å². The highest BCUT2D eigenvalue weighted by molar-refractivity contribution is 7.07. The Balaban J connectivity index is 1.06. The van der Waals surface area contributed by atoms with E-state index in [1.54, 1.807) is 46.3 Å². The molecule has 0 unspecified atom stereocenters. The Morgan fingerprint density at radius 2 is 1.77 bits per heavy atom. The number of hydrogen-bond acceptors (Lipinski definition) is 7. The molecule has 6 rings (SSSR count). The van der Waals surface area contributed by atoms with Crippen LogP contribution >= 0.6 is 11.3 Å². The summed E-state index contributed by atoms with van der Waals surface area (Å²) in [5.74, 6) is -0.462. The van der Waals surface area contributed by atoms with Crippen LogP contribution in [0.2, 0.25) is 0 Å². The number of fused-ring (bicyclic) bond motifs is 1. The molecule has 2 fully saturated rings. The van der Waals surface area contributed by atoms with Crippen LogP contribution < -0.4 is 4.74 Å². The standard InChI is InChI=1S/C26H23F3N6O3S/c27-26(28,29)38-21-3-1-2-19(11-21)35-12-18-10-17(4-5-22(18)31-35)24(36)34-13-20(14-34)32-6-8-33(9-7-32)25(37)23-15-39-16-30-23/h1-5,10-12,15-16,20H,6-9,13-14H2. The van der Waals surface area contributed by atoms with Crippen LogP contribution in [0.25, 0.3) is 16.6 Å². The Hall–Kier alpha value is -3.97. The molecular weight excluding hydrogens is 533 g/mol. The van der Waals surface area contributed by atoms with Crippen molar-refractivity contribution in [2.45, 2.75) is 12.4 Å². The van der Waals surface area contributed by atoms with Gasteiger partial charge in [0.25, 0.3) is 11.8 Å². The molecule has 2 aromatic carbocycles. The summed E-state index contributed by atoms with van der Waals surface area (Å²) in [5.41, 5.74) is 3.68. The average Bonchev–Trinajstić information content (AvgIpc) is 3.57. The molecule has 13 heteroatoms. The second-order valence-electron chi connectivity index (χ2n) is 9.46. The number of alkyl halides is 3. The SMILES string of the molecule is O=C(c1ccc2nn(-c3cccc(OC(F)(F)F)c3)cc2c1)N1CC(N2CCN(C(=O)c3cscn3)CC2)C1. The van der Waals surface area contributed by atoms with Gasteiger partial charge in [0, 0.05) is 73.9 Å². The van der Waals surface area contributed by atoms with E-state index in [9.17, 15) is 22.8 Å². The molecule has 2 saturated heterocycles. The monoisotopic (exact) mass is 556 g/mol. The number of amides is 2. The molecule has 4 heterocycles. The lowest BCUT2D eigenvalue weighted by atomic mass is 10.0. The number of hydrogen-bond donors (Lipinski definition) is 0. The first-order chi connectivity index (χ1) is 18.7. The lowest BCUT2D eigenvalue weighted by Crippen LogP contribution is -2.64. The number of benzene rings is 2. The lowest BCUT2D eigenvalue weighted by Gasteiger charge is -2.48. The molecule has 39 heavy (non-hydrogen) atoms. The smallest absolute Gasteiger partial charge is 0.406 e. The van der Waals surface area contributed by atoms with Crippen molar-refractivity contribution in [1.29, 1.82) is 0 Å². The number of ether oxygens (including phenoxy) is 1. The molecule has 0 bridgehead atoms. The summed E-state index contributed by atoms with van der Waals surface area (Å²) >= 11 is 1.40. The highest BCUT2D eigenvalue weighted by Crippen LogP contribution is 2.26. The molecule has 0 atom stereocenters. The van der Waals surface area contributed by atoms with Crippen LogP contribution in [0, 0.1) is 0 Å². The van der Waals surface area contributed by atoms with Crippen molar-refractivity contribution in [3.8, 4) is 11.4 Å². The largest absolute Gasteiger partial charge is 0.573 e. The van der Waals surface area contributed by atoms with E-state index in [1.165, 1.54) is 34.2 Å². The summed E-state index contributed by atoms with van der Waals surface area (Å²) in [7, 11) is 0. The van der Waals surface area contributed by atoms with Crippen LogP contribution in [-0.2, 0) is 0 Å². The molecule has 9 nitrogen and oxygen atoms in total. The number of rotatable bonds is 5. The van der Waals surface area contributed by atoms with Gasteiger partial charge in [-0.25, -0.2) is 9.67 Å². The molecule has 0 spiro atoms. The zero-order valence-corrected chi connectivity index (χ0v) is 21.4. The molecule has 0 saturated carbocycles. The van der Waals surface area contributed by atoms with Crippen molar-refractivity contribution in [1.82, 2.24) is 29.5 Å². The fourth-order valence-corrected chi connectivity index (χ4v) is 5.44. The molecule has 0 N–H and O–H groups in total. The second-order valence-corrected chi connectivity index (χ2v) is 10.2. The fourth-order valence-electron chi connectivity index (χ4n) is 4.92. The summed E-state index contributed by atoms with van der Waals surface area (Å²) in [6, 6.07) is 11.0. The summed E-state index contributed by atoms with van der Waals surface area (Å²) in [4.78, 5) is 35.7. The zero-order chi connectivity index (χ0) is 27.1. The minimum atomic E-state index is -4.78. The van der Waals surface area contributed by atoms with E-state index < -0.39 is 6.36 Å². The summed E-state index contributed by atoms with van der Waals surface area (Å²) in [6.07, 6.45) is -3.11. The predicted molar refractivity (Wildman–Crippen MR) is 137 cm³/mol. The number of halogens is 3. The van der Waals surface area contributed by atoms with Crippen LogP contribution in [-0.4, -0.2) is 93.0 Å². The van der Waals surface area contributed by atoms with Crippen molar-refractivity contribution in [2.24, 2.45) is 0 Å². The van der Waals surface area contributed by atoms with Gasteiger partial charge >= 0.3 is 6.36 Å². The van der Waals surface area contributed by atoms with Gasteiger partial charge in [0.15, 0.2) is 0 Å². The zero-order valence-electron chi connectivity index (χ0n) is 20.5. The number of nitrogens with zero attached hydrogens (tertiary/aromatic N) is 6. The summed E-state index contributed by atoms with van der Waals surface area (Å²) in [5, 5.41) is 6.88. The van der Waals surface area contributed by atoms with Gasteiger partial charge in [0.1, 0.15) is 11.4 Å². The highest BCUT2D eigenvalue weighted by Gasteiger charge is 2.37. The average molecular weight is 557 g/mol. The molecule has 2 aromatic heterocycles. The molecule has 2 aliphatic heterocycles. The molecule has 0 radical (unpaired) electrons. The van der Waals surface area contributed by atoms with Gasteiger partial charge in [0.2, 0.25) is 0 Å². The van der Waals surface area contributed by atoms with Crippen molar-refractivity contribution in [3.05, 3.63) is 70.8 Å². The Labute approximate surface area is 225 Å². The minimum absolute atomic E-state index is 0.0395. The van der Waals surface area contributed by atoms with Gasteiger partial charge in [0.05, 0.1) is 16.7 Å². The first-order valence-corrected chi connectivity index (χ1v) is 13.2. The van der Waals surface area contributed by atoms with Crippen LogP contribution in [0.3, 0.4) is 0 Å². The van der Waals surface area contributed by atoms with Crippen LogP contribution in [0.1, 0.15) is 20.8 Å². The van der Waals surface area contributed by atoms with E-state index in [0.29, 0.717) is 54.0 Å². The van der Waals surface area contributed by atoms with E-state index in [2.05, 4.69) is 19.7 Å². The number of aromatic nitrogens is 3. The van der Waals surface area contributed by atoms with E-state index >= 15 is 0 Å². The van der Waals surface area contributed by atoms with Crippen molar-refractivity contribution in [2.75, 3.05) is 39.3 Å². The van der Waals surface area contributed by atoms with Gasteiger partial charge in [-0.05, 0) is 30.3 Å².